The van der Waals surface area contributed by atoms with E-state index < -0.39 is 0 Å². The molecule has 0 bridgehead atoms. The number of hydrogen-bond acceptors (Lipinski definition) is 3. The maximum Gasteiger partial charge on any atom is 0.219 e. The van der Waals surface area contributed by atoms with E-state index in [9.17, 15) is 4.79 Å². The Morgan fingerprint density at radius 2 is 1.84 bits per heavy atom. The van der Waals surface area contributed by atoms with Gasteiger partial charge in [0.25, 0.3) is 0 Å². The summed E-state index contributed by atoms with van der Waals surface area (Å²) in [6.07, 6.45) is 5.59. The predicted octanol–water partition coefficient (Wildman–Crippen LogP) is 5.87. The molecule has 1 N–H and O–H groups in total. The fraction of sp³-hybridized carbons (Fsp3) is 0.481. The number of para-hydroxylation sites is 2. The SMILES string of the molecule is CCCC(=O)NCCCCCc1nc2ccccc2n1CCOc1ccc(C(C)C)cc1. The van der Waals surface area contributed by atoms with Gasteiger partial charge in [-0.05, 0) is 55.0 Å². The van der Waals surface area contributed by atoms with Gasteiger partial charge in [-0.1, -0.05) is 51.5 Å². The number of nitrogens with one attached hydrogen (secondary N) is 1. The molecular formula is C27H37N3O2. The molecule has 0 spiro atoms. The monoisotopic (exact) mass is 435 g/mol. The largest absolute Gasteiger partial charge is 0.492 e. The second-order valence-electron chi connectivity index (χ2n) is 8.65. The van der Waals surface area contributed by atoms with E-state index in [0.717, 1.165) is 67.8 Å². The first kappa shape index (κ1) is 23.8. The van der Waals surface area contributed by atoms with Gasteiger partial charge in [-0.25, -0.2) is 4.98 Å². The molecule has 5 heteroatoms. The van der Waals surface area contributed by atoms with E-state index in [2.05, 4.69) is 66.2 Å². The molecule has 1 aromatic heterocycles. The molecule has 5 nitrogen and oxygen atoms in total. The molecule has 1 heterocycles. The van der Waals surface area contributed by atoms with Crippen LogP contribution in [0.4, 0.5) is 0 Å². The van der Waals surface area contributed by atoms with Crippen molar-refractivity contribution in [3.63, 3.8) is 0 Å². The van der Waals surface area contributed by atoms with Gasteiger partial charge in [0.1, 0.15) is 18.2 Å². The van der Waals surface area contributed by atoms with Crippen LogP contribution in [0.2, 0.25) is 0 Å². The van der Waals surface area contributed by atoms with Crippen LogP contribution in [0.1, 0.15) is 70.2 Å². The van der Waals surface area contributed by atoms with Crippen molar-refractivity contribution in [1.82, 2.24) is 14.9 Å². The van der Waals surface area contributed by atoms with Gasteiger partial charge in [0.2, 0.25) is 5.91 Å². The summed E-state index contributed by atoms with van der Waals surface area (Å²) >= 11 is 0. The first-order chi connectivity index (χ1) is 15.6. The zero-order valence-electron chi connectivity index (χ0n) is 19.8. The van der Waals surface area contributed by atoms with Gasteiger partial charge in [0.15, 0.2) is 0 Å². The highest BCUT2D eigenvalue weighted by Crippen LogP contribution is 2.20. The number of ether oxygens (including phenoxy) is 1. The Balaban J connectivity index is 1.52. The van der Waals surface area contributed by atoms with Gasteiger partial charge < -0.3 is 14.6 Å². The second-order valence-corrected chi connectivity index (χ2v) is 8.65. The number of benzene rings is 2. The molecule has 0 unspecified atom stereocenters. The van der Waals surface area contributed by atoms with Gasteiger partial charge in [0, 0.05) is 19.4 Å². The van der Waals surface area contributed by atoms with E-state index in [4.69, 9.17) is 9.72 Å². The molecule has 0 aliphatic rings. The lowest BCUT2D eigenvalue weighted by Gasteiger charge is -2.12. The standard InChI is InChI=1S/C27H37N3O2/c1-4-10-27(31)28-18-9-5-6-13-26-29-24-11-7-8-12-25(24)30(26)19-20-32-23-16-14-22(15-17-23)21(2)3/h7-8,11-12,14-17,21H,4-6,9-10,13,18-20H2,1-3H3,(H,28,31). The Labute approximate surface area is 192 Å². The number of rotatable bonds is 13. The van der Waals surface area contributed by atoms with Crippen LogP contribution < -0.4 is 10.1 Å². The van der Waals surface area contributed by atoms with E-state index in [-0.39, 0.29) is 5.91 Å². The third-order valence-corrected chi connectivity index (χ3v) is 5.74. The summed E-state index contributed by atoms with van der Waals surface area (Å²) in [6.45, 7) is 8.57. The van der Waals surface area contributed by atoms with Crippen molar-refractivity contribution in [2.24, 2.45) is 0 Å². The second kappa shape index (κ2) is 12.3. The Morgan fingerprint density at radius 3 is 2.59 bits per heavy atom. The number of aryl methyl sites for hydroxylation is 1. The van der Waals surface area contributed by atoms with Crippen LogP contribution >= 0.6 is 0 Å². The number of carbonyl (C=O) groups excluding carboxylic acids is 1. The molecular weight excluding hydrogens is 398 g/mol. The van der Waals surface area contributed by atoms with Crippen LogP contribution in [0.25, 0.3) is 11.0 Å². The van der Waals surface area contributed by atoms with E-state index in [1.165, 1.54) is 5.56 Å². The number of aromatic nitrogens is 2. The number of imidazole rings is 1. The molecule has 172 valence electrons. The van der Waals surface area contributed by atoms with Crippen LogP contribution in [-0.2, 0) is 17.8 Å². The van der Waals surface area contributed by atoms with Crippen molar-refractivity contribution in [2.45, 2.75) is 71.8 Å². The summed E-state index contributed by atoms with van der Waals surface area (Å²) in [5.74, 6) is 2.70. The molecule has 3 rings (SSSR count). The highest BCUT2D eigenvalue weighted by molar-refractivity contribution is 5.76. The van der Waals surface area contributed by atoms with Crippen LogP contribution in [0.3, 0.4) is 0 Å². The average molecular weight is 436 g/mol. The number of hydrogen-bond donors (Lipinski definition) is 1. The average Bonchev–Trinajstić information content (AvgIpc) is 3.14. The fourth-order valence-corrected chi connectivity index (χ4v) is 3.90. The van der Waals surface area contributed by atoms with Crippen molar-refractivity contribution in [3.8, 4) is 5.75 Å². The van der Waals surface area contributed by atoms with E-state index in [0.29, 0.717) is 18.9 Å². The van der Waals surface area contributed by atoms with Crippen LogP contribution in [0.5, 0.6) is 5.75 Å². The summed E-state index contributed by atoms with van der Waals surface area (Å²) in [5, 5.41) is 2.99. The molecule has 0 saturated carbocycles. The lowest BCUT2D eigenvalue weighted by molar-refractivity contribution is -0.121. The van der Waals surface area contributed by atoms with Crippen LogP contribution in [0.15, 0.2) is 48.5 Å². The van der Waals surface area contributed by atoms with Gasteiger partial charge in [0.05, 0.1) is 17.6 Å². The molecule has 0 aliphatic carbocycles. The summed E-state index contributed by atoms with van der Waals surface area (Å²) in [5.41, 5.74) is 3.52. The lowest BCUT2D eigenvalue weighted by atomic mass is 10.0. The molecule has 0 radical (unpaired) electrons. The summed E-state index contributed by atoms with van der Waals surface area (Å²) in [4.78, 5) is 16.4. The maximum atomic E-state index is 11.6. The molecule has 0 fully saturated rings. The molecule has 3 aromatic rings. The lowest BCUT2D eigenvalue weighted by Crippen LogP contribution is -2.23. The number of fused-ring (bicyclic) bond motifs is 1. The third-order valence-electron chi connectivity index (χ3n) is 5.74. The predicted molar refractivity (Wildman–Crippen MR) is 131 cm³/mol. The summed E-state index contributed by atoms with van der Waals surface area (Å²) in [6, 6.07) is 16.7. The van der Waals surface area contributed by atoms with Gasteiger partial charge in [-0.3, -0.25) is 4.79 Å². The van der Waals surface area contributed by atoms with Crippen molar-refractivity contribution in [3.05, 3.63) is 59.9 Å². The first-order valence-electron chi connectivity index (χ1n) is 12.0. The van der Waals surface area contributed by atoms with E-state index in [1.807, 2.05) is 13.0 Å². The summed E-state index contributed by atoms with van der Waals surface area (Å²) in [7, 11) is 0. The topological polar surface area (TPSA) is 56.2 Å². The molecule has 0 saturated heterocycles. The van der Waals surface area contributed by atoms with Crippen molar-refractivity contribution in [2.75, 3.05) is 13.2 Å². The number of nitrogens with zero attached hydrogens (tertiary/aromatic N) is 2. The van der Waals surface area contributed by atoms with Gasteiger partial charge >= 0.3 is 0 Å². The van der Waals surface area contributed by atoms with E-state index >= 15 is 0 Å². The fourth-order valence-electron chi connectivity index (χ4n) is 3.90. The minimum Gasteiger partial charge on any atom is -0.492 e. The molecule has 2 aromatic carbocycles. The Morgan fingerprint density at radius 1 is 1.06 bits per heavy atom. The normalized spacial score (nSPS) is 11.2. The highest BCUT2D eigenvalue weighted by Gasteiger charge is 2.10. The quantitative estimate of drug-likeness (QED) is 0.342. The van der Waals surface area contributed by atoms with E-state index in [1.54, 1.807) is 0 Å². The van der Waals surface area contributed by atoms with Crippen molar-refractivity contribution >= 4 is 16.9 Å². The first-order valence-corrected chi connectivity index (χ1v) is 12.0. The smallest absolute Gasteiger partial charge is 0.219 e. The maximum absolute atomic E-state index is 11.6. The minimum absolute atomic E-state index is 0.160. The Kier molecular flexibility index (Phi) is 9.14. The Bertz CT molecular complexity index is 976. The highest BCUT2D eigenvalue weighted by atomic mass is 16.5. The third kappa shape index (κ3) is 6.84. The summed E-state index contributed by atoms with van der Waals surface area (Å²) < 4.78 is 8.32. The number of carbonyl (C=O) groups is 1. The molecule has 1 amide bonds. The zero-order valence-corrected chi connectivity index (χ0v) is 19.8. The zero-order chi connectivity index (χ0) is 22.8. The van der Waals surface area contributed by atoms with Crippen LogP contribution in [0, 0.1) is 0 Å². The Hall–Kier alpha value is -2.82. The molecule has 0 aliphatic heterocycles. The van der Waals surface area contributed by atoms with Crippen LogP contribution in [-0.4, -0.2) is 28.6 Å². The van der Waals surface area contributed by atoms with Crippen molar-refractivity contribution < 1.29 is 9.53 Å². The van der Waals surface area contributed by atoms with Gasteiger partial charge in [-0.15, -0.1) is 0 Å². The number of amides is 1. The number of unbranched alkanes of at least 4 members (excludes halogenated alkanes) is 2. The molecule has 0 atom stereocenters. The van der Waals surface area contributed by atoms with Gasteiger partial charge in [-0.2, -0.15) is 0 Å². The molecule has 32 heavy (non-hydrogen) atoms. The minimum atomic E-state index is 0.160. The van der Waals surface area contributed by atoms with Crippen molar-refractivity contribution in [1.29, 1.82) is 0 Å².